The Balaban J connectivity index is 2.36. The molecule has 0 amide bonds. The van der Waals surface area contributed by atoms with Crippen LogP contribution in [0.5, 0.6) is 5.75 Å². The normalized spacial score (nSPS) is 10.9. The van der Waals surface area contributed by atoms with Crippen LogP contribution in [0.15, 0.2) is 12.1 Å². The highest BCUT2D eigenvalue weighted by molar-refractivity contribution is 9.08. The molecule has 96 valence electrons. The standard InChI is InChI=1S/C13H20BrNO2/c1-10(2)9-16-6-7-17-13-5-4-11(3)15-12(13)8-14/h4-5,10H,6-9H2,1-3H3. The largest absolute Gasteiger partial charge is 0.489 e. The van der Waals surface area contributed by atoms with Crippen LogP contribution in [0.4, 0.5) is 0 Å². The van der Waals surface area contributed by atoms with Crippen molar-refractivity contribution in [1.29, 1.82) is 0 Å². The summed E-state index contributed by atoms with van der Waals surface area (Å²) in [6.45, 7) is 8.20. The lowest BCUT2D eigenvalue weighted by Gasteiger charge is -2.11. The van der Waals surface area contributed by atoms with Gasteiger partial charge in [0.1, 0.15) is 12.4 Å². The van der Waals surface area contributed by atoms with Gasteiger partial charge in [-0.2, -0.15) is 0 Å². The SMILES string of the molecule is Cc1ccc(OCCOCC(C)C)c(CBr)n1. The highest BCUT2D eigenvalue weighted by atomic mass is 79.9. The first-order valence-electron chi connectivity index (χ1n) is 5.86. The van der Waals surface area contributed by atoms with E-state index in [-0.39, 0.29) is 0 Å². The first kappa shape index (κ1) is 14.5. The molecular formula is C13H20BrNO2. The molecule has 0 aliphatic heterocycles. The lowest BCUT2D eigenvalue weighted by molar-refractivity contribution is 0.0815. The number of nitrogens with zero attached hydrogens (tertiary/aromatic N) is 1. The summed E-state index contributed by atoms with van der Waals surface area (Å²) < 4.78 is 11.1. The van der Waals surface area contributed by atoms with Gasteiger partial charge in [0.05, 0.1) is 12.3 Å². The number of hydrogen-bond acceptors (Lipinski definition) is 3. The summed E-state index contributed by atoms with van der Waals surface area (Å²) in [6, 6.07) is 3.91. The number of rotatable bonds is 7. The van der Waals surface area contributed by atoms with E-state index in [0.717, 1.165) is 23.7 Å². The van der Waals surface area contributed by atoms with Crippen LogP contribution in [0.2, 0.25) is 0 Å². The van der Waals surface area contributed by atoms with Gasteiger partial charge in [-0.05, 0) is 25.0 Å². The molecule has 0 radical (unpaired) electrons. The summed E-state index contributed by atoms with van der Waals surface area (Å²) in [5.74, 6) is 1.40. The molecule has 0 aliphatic rings. The second-order valence-electron chi connectivity index (χ2n) is 4.35. The van der Waals surface area contributed by atoms with Crippen molar-refractivity contribution in [3.05, 3.63) is 23.5 Å². The Morgan fingerprint density at radius 2 is 2.06 bits per heavy atom. The Morgan fingerprint density at radius 3 is 2.71 bits per heavy atom. The maximum Gasteiger partial charge on any atom is 0.141 e. The summed E-state index contributed by atoms with van der Waals surface area (Å²) in [4.78, 5) is 4.41. The molecule has 0 aliphatic carbocycles. The van der Waals surface area contributed by atoms with Crippen LogP contribution in [-0.2, 0) is 10.1 Å². The lowest BCUT2D eigenvalue weighted by atomic mass is 10.2. The fraction of sp³-hybridized carbons (Fsp3) is 0.615. The molecule has 0 unspecified atom stereocenters. The zero-order valence-electron chi connectivity index (χ0n) is 10.7. The minimum absolute atomic E-state index is 0.564. The monoisotopic (exact) mass is 301 g/mol. The fourth-order valence-electron chi connectivity index (χ4n) is 1.35. The van der Waals surface area contributed by atoms with E-state index in [1.165, 1.54) is 0 Å². The van der Waals surface area contributed by atoms with Gasteiger partial charge < -0.3 is 9.47 Å². The Morgan fingerprint density at radius 1 is 1.29 bits per heavy atom. The predicted molar refractivity (Wildman–Crippen MR) is 72.8 cm³/mol. The molecule has 0 bridgehead atoms. The smallest absolute Gasteiger partial charge is 0.141 e. The van der Waals surface area contributed by atoms with E-state index in [1.807, 2.05) is 19.1 Å². The molecule has 0 N–H and O–H groups in total. The summed E-state index contributed by atoms with van der Waals surface area (Å²) in [7, 11) is 0. The number of aryl methyl sites for hydroxylation is 1. The molecule has 0 fully saturated rings. The molecule has 0 aromatic carbocycles. The van der Waals surface area contributed by atoms with Gasteiger partial charge in [0.25, 0.3) is 0 Å². The Bertz CT molecular complexity index is 342. The van der Waals surface area contributed by atoms with E-state index in [1.54, 1.807) is 0 Å². The van der Waals surface area contributed by atoms with Crippen molar-refractivity contribution in [1.82, 2.24) is 4.98 Å². The minimum atomic E-state index is 0.564. The van der Waals surface area contributed by atoms with Gasteiger partial charge in [0.2, 0.25) is 0 Å². The number of ether oxygens (including phenoxy) is 2. The van der Waals surface area contributed by atoms with Crippen molar-refractivity contribution in [2.75, 3.05) is 19.8 Å². The molecule has 1 rings (SSSR count). The van der Waals surface area contributed by atoms with Crippen molar-refractivity contribution < 1.29 is 9.47 Å². The third kappa shape index (κ3) is 5.50. The van der Waals surface area contributed by atoms with Crippen molar-refractivity contribution >= 4 is 15.9 Å². The van der Waals surface area contributed by atoms with Gasteiger partial charge in [-0.25, -0.2) is 0 Å². The van der Waals surface area contributed by atoms with Crippen molar-refractivity contribution in [3.63, 3.8) is 0 Å². The van der Waals surface area contributed by atoms with Crippen molar-refractivity contribution in [2.24, 2.45) is 5.92 Å². The third-order valence-electron chi connectivity index (χ3n) is 2.13. The molecule has 1 aromatic heterocycles. The van der Waals surface area contributed by atoms with Gasteiger partial charge >= 0.3 is 0 Å². The molecular weight excluding hydrogens is 282 g/mol. The third-order valence-corrected chi connectivity index (χ3v) is 2.67. The zero-order chi connectivity index (χ0) is 12.7. The molecule has 0 spiro atoms. The van der Waals surface area contributed by atoms with Gasteiger partial charge in [-0.3, -0.25) is 4.98 Å². The lowest BCUT2D eigenvalue weighted by Crippen LogP contribution is -2.11. The van der Waals surface area contributed by atoms with Crippen LogP contribution in [0.25, 0.3) is 0 Å². The zero-order valence-corrected chi connectivity index (χ0v) is 12.3. The van der Waals surface area contributed by atoms with E-state index in [4.69, 9.17) is 9.47 Å². The Kier molecular flexibility index (Phi) is 6.52. The number of alkyl halides is 1. The average molecular weight is 302 g/mol. The Labute approximate surface area is 112 Å². The van der Waals surface area contributed by atoms with Crippen LogP contribution in [0.3, 0.4) is 0 Å². The second-order valence-corrected chi connectivity index (χ2v) is 4.91. The van der Waals surface area contributed by atoms with E-state index in [9.17, 15) is 0 Å². The summed E-state index contributed by atoms with van der Waals surface area (Å²) in [5.41, 5.74) is 1.94. The topological polar surface area (TPSA) is 31.4 Å². The minimum Gasteiger partial charge on any atom is -0.489 e. The quantitative estimate of drug-likeness (QED) is 0.572. The van der Waals surface area contributed by atoms with Crippen LogP contribution < -0.4 is 4.74 Å². The van der Waals surface area contributed by atoms with Gasteiger partial charge in [0, 0.05) is 17.6 Å². The van der Waals surface area contributed by atoms with Gasteiger partial charge in [-0.15, -0.1) is 0 Å². The highest BCUT2D eigenvalue weighted by Crippen LogP contribution is 2.19. The van der Waals surface area contributed by atoms with Gasteiger partial charge in [0.15, 0.2) is 0 Å². The number of hydrogen-bond donors (Lipinski definition) is 0. The summed E-state index contributed by atoms with van der Waals surface area (Å²) in [5, 5.41) is 0.705. The number of halogens is 1. The molecule has 1 aromatic rings. The van der Waals surface area contributed by atoms with Crippen molar-refractivity contribution in [2.45, 2.75) is 26.1 Å². The van der Waals surface area contributed by atoms with Crippen LogP contribution in [0.1, 0.15) is 25.2 Å². The second kappa shape index (κ2) is 7.67. The number of aromatic nitrogens is 1. The molecule has 4 heteroatoms. The molecule has 17 heavy (non-hydrogen) atoms. The first-order chi connectivity index (χ1) is 8.13. The average Bonchev–Trinajstić information content (AvgIpc) is 2.29. The van der Waals surface area contributed by atoms with Crippen LogP contribution >= 0.6 is 15.9 Å². The van der Waals surface area contributed by atoms with E-state index >= 15 is 0 Å². The maximum atomic E-state index is 5.65. The summed E-state index contributed by atoms with van der Waals surface area (Å²) in [6.07, 6.45) is 0. The molecule has 3 nitrogen and oxygen atoms in total. The molecule has 0 saturated heterocycles. The molecule has 1 heterocycles. The molecule has 0 saturated carbocycles. The van der Waals surface area contributed by atoms with E-state index in [0.29, 0.717) is 24.5 Å². The van der Waals surface area contributed by atoms with Gasteiger partial charge in [-0.1, -0.05) is 29.8 Å². The first-order valence-corrected chi connectivity index (χ1v) is 6.98. The predicted octanol–water partition coefficient (Wildman–Crippen LogP) is 3.34. The van der Waals surface area contributed by atoms with E-state index < -0.39 is 0 Å². The van der Waals surface area contributed by atoms with Crippen LogP contribution in [-0.4, -0.2) is 24.8 Å². The van der Waals surface area contributed by atoms with E-state index in [2.05, 4.69) is 34.8 Å². The molecule has 0 atom stereocenters. The Hall–Kier alpha value is -0.610. The maximum absolute atomic E-state index is 5.65. The number of pyridine rings is 1. The van der Waals surface area contributed by atoms with Crippen LogP contribution in [0, 0.1) is 12.8 Å². The highest BCUT2D eigenvalue weighted by Gasteiger charge is 2.04. The van der Waals surface area contributed by atoms with Crippen molar-refractivity contribution in [3.8, 4) is 5.75 Å². The summed E-state index contributed by atoms with van der Waals surface area (Å²) >= 11 is 3.41. The fourth-order valence-corrected chi connectivity index (χ4v) is 1.76.